The number of ether oxygens (including phenoxy) is 1. The van der Waals surface area contributed by atoms with Crippen molar-refractivity contribution in [3.8, 4) is 16.9 Å². The Morgan fingerprint density at radius 3 is 2.48 bits per heavy atom. The first-order valence-electron chi connectivity index (χ1n) is 12.6. The molecule has 1 aliphatic rings. The van der Waals surface area contributed by atoms with Crippen molar-refractivity contribution in [2.75, 3.05) is 24.6 Å². The first kappa shape index (κ1) is 27.1. The van der Waals surface area contributed by atoms with E-state index in [1.807, 2.05) is 24.3 Å². The number of fused-ring (bicyclic) bond motifs is 1. The molecule has 208 valence electrons. The summed E-state index contributed by atoms with van der Waals surface area (Å²) in [6.45, 7) is 2.22. The molecule has 1 fully saturated rings. The zero-order valence-corrected chi connectivity index (χ0v) is 21.5. The summed E-state index contributed by atoms with van der Waals surface area (Å²) in [5.41, 5.74) is 1.96. The third-order valence-corrected chi connectivity index (χ3v) is 6.84. The number of rotatable bonds is 8. The molecule has 3 amide bonds. The molecule has 1 atom stereocenters. The van der Waals surface area contributed by atoms with Crippen molar-refractivity contribution in [1.82, 2.24) is 15.6 Å². The Morgan fingerprint density at radius 2 is 1.80 bits per heavy atom. The van der Waals surface area contributed by atoms with E-state index in [2.05, 4.69) is 20.4 Å². The Hall–Kier alpha value is -4.51. The van der Waals surface area contributed by atoms with Crippen molar-refractivity contribution >= 4 is 28.5 Å². The molecule has 3 aromatic carbocycles. The predicted octanol–water partition coefficient (Wildman–Crippen LogP) is 4.99. The summed E-state index contributed by atoms with van der Waals surface area (Å²) >= 11 is 0. The minimum absolute atomic E-state index is 0.208. The summed E-state index contributed by atoms with van der Waals surface area (Å²) in [4.78, 5) is 30.1. The van der Waals surface area contributed by atoms with Crippen LogP contribution in [0.3, 0.4) is 0 Å². The lowest BCUT2D eigenvalue weighted by molar-refractivity contribution is -0.274. The van der Waals surface area contributed by atoms with Gasteiger partial charge in [-0.3, -0.25) is 9.69 Å². The van der Waals surface area contributed by atoms with Gasteiger partial charge in [0.05, 0.1) is 17.7 Å². The number of anilines is 1. The van der Waals surface area contributed by atoms with Crippen molar-refractivity contribution in [2.24, 2.45) is 0 Å². The normalized spacial score (nSPS) is 15.1. The molecule has 0 saturated carbocycles. The topological polar surface area (TPSA) is 107 Å². The number of amides is 3. The number of aliphatic hydroxyl groups is 1. The molecule has 40 heavy (non-hydrogen) atoms. The average Bonchev–Trinajstić information content (AvgIpc) is 3.54. The summed E-state index contributed by atoms with van der Waals surface area (Å²) in [6, 6.07) is 18.1. The number of hydrogen-bond acceptors (Lipinski definition) is 4. The van der Waals surface area contributed by atoms with Gasteiger partial charge in [-0.25, -0.2) is 4.79 Å². The van der Waals surface area contributed by atoms with E-state index in [1.165, 1.54) is 12.1 Å². The number of halogens is 3. The monoisotopic (exact) mass is 552 g/mol. The van der Waals surface area contributed by atoms with Gasteiger partial charge in [0.1, 0.15) is 5.75 Å². The van der Waals surface area contributed by atoms with E-state index < -0.39 is 30.2 Å². The Morgan fingerprint density at radius 1 is 1.07 bits per heavy atom. The number of H-pyrrole nitrogens is 1. The zero-order valence-electron chi connectivity index (χ0n) is 21.5. The van der Waals surface area contributed by atoms with Crippen molar-refractivity contribution in [3.63, 3.8) is 0 Å². The van der Waals surface area contributed by atoms with E-state index in [0.29, 0.717) is 29.9 Å². The highest BCUT2D eigenvalue weighted by atomic mass is 19.4. The van der Waals surface area contributed by atoms with Crippen LogP contribution in [0.5, 0.6) is 5.75 Å². The molecule has 8 nitrogen and oxygen atoms in total. The van der Waals surface area contributed by atoms with E-state index in [-0.39, 0.29) is 18.0 Å². The average molecular weight is 553 g/mol. The molecule has 1 saturated heterocycles. The fourth-order valence-corrected chi connectivity index (χ4v) is 4.83. The minimum Gasteiger partial charge on any atom is -0.405 e. The van der Waals surface area contributed by atoms with Gasteiger partial charge in [-0.05, 0) is 60.4 Å². The second-order valence-electron chi connectivity index (χ2n) is 9.90. The quantitative estimate of drug-likeness (QED) is 0.247. The number of carbonyl (C=O) groups excluding carboxylic acids is 2. The van der Waals surface area contributed by atoms with Crippen LogP contribution in [0.25, 0.3) is 22.0 Å². The van der Waals surface area contributed by atoms with Gasteiger partial charge in [-0.1, -0.05) is 36.4 Å². The highest BCUT2D eigenvalue weighted by molar-refractivity contribution is 5.99. The molecule has 0 spiro atoms. The molecule has 1 unspecified atom stereocenters. The highest BCUT2D eigenvalue weighted by Gasteiger charge is 2.35. The number of aliphatic hydroxyl groups excluding tert-OH is 1. The summed E-state index contributed by atoms with van der Waals surface area (Å²) in [5.74, 6) is -1.49. The summed E-state index contributed by atoms with van der Waals surface area (Å²) in [7, 11) is 0. The standard InChI is InChI=1S/C29H27F3N4O4/c1-28(17-37,15-20-16-34-24-5-3-2-4-22(20)24)35-26(38)23-14-19(8-11-25(23)40-29(30,31)32)18-6-9-21(10-7-18)36-13-12-33-27(36)39/h2-11,14,16,34,37H,12-13,15,17H2,1H3,(H,33,39)(H,35,38). The molecule has 11 heteroatoms. The lowest BCUT2D eigenvalue weighted by Gasteiger charge is -2.29. The molecule has 1 aromatic heterocycles. The Kier molecular flexibility index (Phi) is 7.16. The maximum Gasteiger partial charge on any atom is 0.573 e. The van der Waals surface area contributed by atoms with Gasteiger partial charge in [0, 0.05) is 35.9 Å². The largest absolute Gasteiger partial charge is 0.573 e. The second kappa shape index (κ2) is 10.6. The first-order valence-corrected chi connectivity index (χ1v) is 12.6. The number of nitrogens with zero attached hydrogens (tertiary/aromatic N) is 1. The van der Waals surface area contributed by atoms with Crippen molar-refractivity contribution in [3.05, 3.63) is 84.1 Å². The molecule has 5 rings (SSSR count). The molecule has 4 N–H and O–H groups in total. The van der Waals surface area contributed by atoms with Crippen LogP contribution in [-0.4, -0.2) is 53.6 Å². The Labute approximate surface area is 227 Å². The smallest absolute Gasteiger partial charge is 0.405 e. The number of carbonyl (C=O) groups is 2. The summed E-state index contributed by atoms with van der Waals surface area (Å²) in [6.07, 6.45) is -3.02. The molecule has 1 aliphatic heterocycles. The number of alkyl halides is 3. The first-order chi connectivity index (χ1) is 19.0. The number of nitrogens with one attached hydrogen (secondary N) is 3. The zero-order chi connectivity index (χ0) is 28.5. The van der Waals surface area contributed by atoms with Gasteiger partial charge in [0.25, 0.3) is 5.91 Å². The van der Waals surface area contributed by atoms with E-state index in [9.17, 15) is 27.9 Å². The molecular formula is C29H27F3N4O4. The van der Waals surface area contributed by atoms with Crippen LogP contribution >= 0.6 is 0 Å². The fraction of sp³-hybridized carbons (Fsp3) is 0.241. The lowest BCUT2D eigenvalue weighted by atomic mass is 9.92. The van der Waals surface area contributed by atoms with Gasteiger partial charge < -0.3 is 25.5 Å². The molecule has 2 heterocycles. The minimum atomic E-state index is -5.02. The van der Waals surface area contributed by atoms with Crippen LogP contribution in [0.15, 0.2) is 72.9 Å². The SMILES string of the molecule is CC(CO)(Cc1c[nH]c2ccccc12)NC(=O)c1cc(-c2ccc(N3CCNC3=O)cc2)ccc1OC(F)(F)F. The van der Waals surface area contributed by atoms with Crippen molar-refractivity contribution < 1.29 is 32.6 Å². The number of aromatic amines is 1. The maximum absolute atomic E-state index is 13.4. The summed E-state index contributed by atoms with van der Waals surface area (Å²) < 4.78 is 43.8. The molecule has 0 aliphatic carbocycles. The Bertz CT molecular complexity index is 1550. The van der Waals surface area contributed by atoms with Crippen LogP contribution in [-0.2, 0) is 6.42 Å². The summed E-state index contributed by atoms with van der Waals surface area (Å²) in [5, 5.41) is 16.6. The lowest BCUT2D eigenvalue weighted by Crippen LogP contribution is -2.50. The molecule has 4 aromatic rings. The number of urea groups is 1. The van der Waals surface area contributed by atoms with E-state index in [1.54, 1.807) is 42.3 Å². The van der Waals surface area contributed by atoms with Crippen LogP contribution in [0, 0.1) is 0 Å². The van der Waals surface area contributed by atoms with E-state index in [4.69, 9.17) is 0 Å². The fourth-order valence-electron chi connectivity index (χ4n) is 4.83. The second-order valence-corrected chi connectivity index (χ2v) is 9.90. The maximum atomic E-state index is 13.4. The van der Waals surface area contributed by atoms with Crippen LogP contribution < -0.4 is 20.3 Å². The van der Waals surface area contributed by atoms with Gasteiger partial charge in [-0.2, -0.15) is 0 Å². The van der Waals surface area contributed by atoms with E-state index in [0.717, 1.165) is 22.5 Å². The number of aromatic nitrogens is 1. The number of hydrogen-bond donors (Lipinski definition) is 4. The van der Waals surface area contributed by atoms with Crippen LogP contribution in [0.4, 0.5) is 23.7 Å². The van der Waals surface area contributed by atoms with Gasteiger partial charge in [-0.15, -0.1) is 13.2 Å². The predicted molar refractivity (Wildman–Crippen MR) is 144 cm³/mol. The highest BCUT2D eigenvalue weighted by Crippen LogP contribution is 2.32. The van der Waals surface area contributed by atoms with Gasteiger partial charge >= 0.3 is 12.4 Å². The Balaban J connectivity index is 1.44. The van der Waals surface area contributed by atoms with Crippen LogP contribution in [0.2, 0.25) is 0 Å². The third-order valence-electron chi connectivity index (χ3n) is 6.84. The van der Waals surface area contributed by atoms with Crippen molar-refractivity contribution in [1.29, 1.82) is 0 Å². The number of benzene rings is 3. The molecule has 0 radical (unpaired) electrons. The van der Waals surface area contributed by atoms with Gasteiger partial charge in [0.2, 0.25) is 0 Å². The van der Waals surface area contributed by atoms with Crippen molar-refractivity contribution in [2.45, 2.75) is 25.2 Å². The van der Waals surface area contributed by atoms with Gasteiger partial charge in [0.15, 0.2) is 0 Å². The molecule has 0 bridgehead atoms. The van der Waals surface area contributed by atoms with Crippen LogP contribution in [0.1, 0.15) is 22.8 Å². The number of para-hydroxylation sites is 1. The van der Waals surface area contributed by atoms with E-state index >= 15 is 0 Å². The molecular weight excluding hydrogens is 525 g/mol. The third kappa shape index (κ3) is 5.74.